The first-order valence-corrected chi connectivity index (χ1v) is 6.02. The Balaban J connectivity index is 2.54. The molecule has 1 aliphatic carbocycles. The van der Waals surface area contributed by atoms with E-state index in [0.717, 1.165) is 19.3 Å². The van der Waals surface area contributed by atoms with Crippen molar-refractivity contribution in [3.05, 3.63) is 0 Å². The number of rotatable bonds is 4. The zero-order chi connectivity index (χ0) is 11.3. The van der Waals surface area contributed by atoms with Crippen molar-refractivity contribution < 1.29 is 9.53 Å². The second-order valence-corrected chi connectivity index (χ2v) is 4.54. The molecule has 0 aromatic heterocycles. The van der Waals surface area contributed by atoms with Gasteiger partial charge in [-0.05, 0) is 26.2 Å². The number of carbonyl (C=O) groups excluding carboxylic acids is 1. The van der Waals surface area contributed by atoms with Crippen LogP contribution in [-0.2, 0) is 9.53 Å². The van der Waals surface area contributed by atoms with Gasteiger partial charge in [-0.3, -0.25) is 4.79 Å². The van der Waals surface area contributed by atoms with Crippen LogP contribution in [0, 0.1) is 0 Å². The van der Waals surface area contributed by atoms with Crippen LogP contribution in [0.25, 0.3) is 0 Å². The van der Waals surface area contributed by atoms with Crippen LogP contribution in [-0.4, -0.2) is 24.7 Å². The first-order chi connectivity index (χ1) is 7.12. The van der Waals surface area contributed by atoms with Crippen molar-refractivity contribution in [1.82, 2.24) is 5.32 Å². The van der Waals surface area contributed by atoms with Gasteiger partial charge < -0.3 is 10.1 Å². The second-order valence-electron chi connectivity index (χ2n) is 4.54. The van der Waals surface area contributed by atoms with E-state index in [4.69, 9.17) is 4.74 Å². The van der Waals surface area contributed by atoms with E-state index in [0.29, 0.717) is 0 Å². The van der Waals surface area contributed by atoms with Crippen molar-refractivity contribution >= 4 is 5.91 Å². The molecule has 1 amide bonds. The van der Waals surface area contributed by atoms with Gasteiger partial charge in [-0.25, -0.2) is 0 Å². The first kappa shape index (κ1) is 12.5. The number of ether oxygens (including phenoxy) is 1. The summed E-state index contributed by atoms with van der Waals surface area (Å²) in [6.45, 7) is 3.89. The Morgan fingerprint density at radius 2 is 2.00 bits per heavy atom. The fraction of sp³-hybridized carbons (Fsp3) is 0.917. The summed E-state index contributed by atoms with van der Waals surface area (Å²) in [4.78, 5) is 11.7. The Morgan fingerprint density at radius 1 is 1.40 bits per heavy atom. The van der Waals surface area contributed by atoms with E-state index in [1.807, 2.05) is 13.8 Å². The van der Waals surface area contributed by atoms with Crippen molar-refractivity contribution in [1.29, 1.82) is 0 Å². The third-order valence-corrected chi connectivity index (χ3v) is 3.36. The summed E-state index contributed by atoms with van der Waals surface area (Å²) in [5.74, 6) is -0.00410. The van der Waals surface area contributed by atoms with Gasteiger partial charge >= 0.3 is 0 Å². The average Bonchev–Trinajstić information content (AvgIpc) is 2.29. The van der Waals surface area contributed by atoms with E-state index in [1.54, 1.807) is 7.05 Å². The number of carbonyl (C=O) groups is 1. The number of nitrogens with one attached hydrogen (secondary N) is 1. The van der Waals surface area contributed by atoms with Gasteiger partial charge in [-0.2, -0.15) is 0 Å². The molecule has 3 heteroatoms. The van der Waals surface area contributed by atoms with Crippen LogP contribution >= 0.6 is 0 Å². The van der Waals surface area contributed by atoms with Crippen molar-refractivity contribution in [3.63, 3.8) is 0 Å². The highest BCUT2D eigenvalue weighted by Gasteiger charge is 2.34. The molecule has 1 atom stereocenters. The molecule has 0 bridgehead atoms. The third-order valence-electron chi connectivity index (χ3n) is 3.36. The molecular formula is C12H23NO2. The molecule has 0 aromatic carbocycles. The highest BCUT2D eigenvalue weighted by atomic mass is 16.5. The summed E-state index contributed by atoms with van der Waals surface area (Å²) in [5.41, 5.74) is -0.642. The highest BCUT2D eigenvalue weighted by Crippen LogP contribution is 2.26. The molecule has 0 radical (unpaired) electrons. The largest absolute Gasteiger partial charge is 0.362 e. The first-order valence-electron chi connectivity index (χ1n) is 6.02. The molecule has 0 heterocycles. The Hall–Kier alpha value is -0.570. The zero-order valence-corrected chi connectivity index (χ0v) is 10.1. The lowest BCUT2D eigenvalue weighted by Gasteiger charge is -2.33. The van der Waals surface area contributed by atoms with Crippen LogP contribution in [0.15, 0.2) is 0 Å². The molecule has 1 aliphatic rings. The summed E-state index contributed by atoms with van der Waals surface area (Å²) >= 11 is 0. The molecule has 0 aliphatic heterocycles. The topological polar surface area (TPSA) is 38.3 Å². The van der Waals surface area contributed by atoms with E-state index in [2.05, 4.69) is 5.32 Å². The minimum absolute atomic E-state index is 0.00410. The fourth-order valence-corrected chi connectivity index (χ4v) is 2.11. The van der Waals surface area contributed by atoms with Crippen LogP contribution in [0.5, 0.6) is 0 Å². The maximum absolute atomic E-state index is 11.7. The van der Waals surface area contributed by atoms with E-state index in [1.165, 1.54) is 19.3 Å². The zero-order valence-electron chi connectivity index (χ0n) is 10.1. The molecule has 0 aromatic rings. The standard InChI is InChI=1S/C12H23NO2/c1-4-12(2,11(14)13-3)15-10-8-6-5-7-9-10/h10H,4-9H2,1-3H3,(H,13,14). The lowest BCUT2D eigenvalue weighted by atomic mass is 9.95. The Morgan fingerprint density at radius 3 is 2.47 bits per heavy atom. The minimum Gasteiger partial charge on any atom is -0.362 e. The molecule has 88 valence electrons. The third kappa shape index (κ3) is 3.20. The summed E-state index contributed by atoms with van der Waals surface area (Å²) in [7, 11) is 1.67. The molecule has 3 nitrogen and oxygen atoms in total. The van der Waals surface area contributed by atoms with Gasteiger partial charge in [0.1, 0.15) is 5.60 Å². The fourth-order valence-electron chi connectivity index (χ4n) is 2.11. The molecule has 0 spiro atoms. The van der Waals surface area contributed by atoms with Gasteiger partial charge in [-0.1, -0.05) is 26.2 Å². The maximum atomic E-state index is 11.7. The monoisotopic (exact) mass is 213 g/mol. The molecule has 1 fully saturated rings. The van der Waals surface area contributed by atoms with E-state index in [-0.39, 0.29) is 12.0 Å². The molecule has 1 unspecified atom stereocenters. The van der Waals surface area contributed by atoms with Gasteiger partial charge in [0, 0.05) is 7.05 Å². The van der Waals surface area contributed by atoms with E-state index >= 15 is 0 Å². The molecule has 0 saturated heterocycles. The van der Waals surface area contributed by atoms with Gasteiger partial charge in [0.05, 0.1) is 6.10 Å². The van der Waals surface area contributed by atoms with Crippen LogP contribution in [0.4, 0.5) is 0 Å². The van der Waals surface area contributed by atoms with E-state index in [9.17, 15) is 4.79 Å². The number of hydrogen-bond donors (Lipinski definition) is 1. The smallest absolute Gasteiger partial charge is 0.251 e. The molecule has 1 saturated carbocycles. The summed E-state index contributed by atoms with van der Waals surface area (Å²) in [5, 5.41) is 2.68. The Kier molecular flexibility index (Phi) is 4.58. The lowest BCUT2D eigenvalue weighted by Crippen LogP contribution is -2.47. The van der Waals surface area contributed by atoms with Crippen molar-refractivity contribution in [3.8, 4) is 0 Å². The van der Waals surface area contributed by atoms with Crippen molar-refractivity contribution in [2.24, 2.45) is 0 Å². The minimum atomic E-state index is -0.642. The van der Waals surface area contributed by atoms with Crippen LogP contribution in [0.1, 0.15) is 52.4 Å². The van der Waals surface area contributed by atoms with Gasteiger partial charge in [-0.15, -0.1) is 0 Å². The predicted molar refractivity (Wildman–Crippen MR) is 60.7 cm³/mol. The average molecular weight is 213 g/mol. The second kappa shape index (κ2) is 5.50. The lowest BCUT2D eigenvalue weighted by molar-refractivity contribution is -0.155. The summed E-state index contributed by atoms with van der Waals surface area (Å²) < 4.78 is 5.97. The maximum Gasteiger partial charge on any atom is 0.251 e. The number of hydrogen-bond acceptors (Lipinski definition) is 2. The molecule has 15 heavy (non-hydrogen) atoms. The van der Waals surface area contributed by atoms with E-state index < -0.39 is 5.60 Å². The Labute approximate surface area is 92.6 Å². The normalized spacial score (nSPS) is 22.1. The quantitative estimate of drug-likeness (QED) is 0.778. The summed E-state index contributed by atoms with van der Waals surface area (Å²) in [6.07, 6.45) is 6.99. The van der Waals surface area contributed by atoms with Crippen LogP contribution in [0.3, 0.4) is 0 Å². The van der Waals surface area contributed by atoms with Crippen molar-refractivity contribution in [2.75, 3.05) is 7.05 Å². The SMILES string of the molecule is CCC(C)(OC1CCCCC1)C(=O)NC. The summed E-state index contributed by atoms with van der Waals surface area (Å²) in [6, 6.07) is 0. The van der Waals surface area contributed by atoms with Gasteiger partial charge in [0.15, 0.2) is 0 Å². The predicted octanol–water partition coefficient (Wildman–Crippen LogP) is 2.25. The van der Waals surface area contributed by atoms with Crippen LogP contribution < -0.4 is 5.32 Å². The Bertz CT molecular complexity index is 212. The number of amides is 1. The van der Waals surface area contributed by atoms with Crippen LogP contribution in [0.2, 0.25) is 0 Å². The molecule has 1 rings (SSSR count). The van der Waals surface area contributed by atoms with Gasteiger partial charge in [0.2, 0.25) is 0 Å². The molecular weight excluding hydrogens is 190 g/mol. The molecule has 1 N–H and O–H groups in total. The highest BCUT2D eigenvalue weighted by molar-refractivity contribution is 5.84. The van der Waals surface area contributed by atoms with Crippen molar-refractivity contribution in [2.45, 2.75) is 64.1 Å². The van der Waals surface area contributed by atoms with Gasteiger partial charge in [0.25, 0.3) is 5.91 Å². The number of likely N-dealkylation sites (N-methyl/N-ethyl adjacent to an activating group) is 1.